The van der Waals surface area contributed by atoms with Crippen molar-refractivity contribution in [3.8, 4) is 5.75 Å². The van der Waals surface area contributed by atoms with Gasteiger partial charge in [-0.1, -0.05) is 27.7 Å². The Morgan fingerprint density at radius 2 is 2.04 bits per heavy atom. The van der Waals surface area contributed by atoms with Gasteiger partial charge in [0, 0.05) is 30.3 Å². The number of carbonyl (C=O) groups is 2. The van der Waals surface area contributed by atoms with E-state index in [0.717, 1.165) is 18.4 Å². The maximum atomic E-state index is 12.8. The van der Waals surface area contributed by atoms with E-state index in [9.17, 15) is 9.59 Å². The van der Waals surface area contributed by atoms with Gasteiger partial charge in [0.15, 0.2) is 0 Å². The number of hydrogen-bond acceptors (Lipinski definition) is 5. The molecule has 2 heterocycles. The number of nitrogens with zero attached hydrogens (tertiary/aromatic N) is 1. The number of carbonyl (C=O) groups excluding carboxylic acids is 2. The molecule has 1 atom stereocenters. The largest absolute Gasteiger partial charge is 0.492 e. The molecule has 1 unspecified atom stereocenters. The lowest BCUT2D eigenvalue weighted by atomic mass is 9.86. The Balaban J connectivity index is 1.77. The summed E-state index contributed by atoms with van der Waals surface area (Å²) in [4.78, 5) is 29.4. The monoisotopic (exact) mass is 389 g/mol. The van der Waals surface area contributed by atoms with E-state index < -0.39 is 11.5 Å². The molecule has 1 saturated carbocycles. The van der Waals surface area contributed by atoms with Crippen molar-refractivity contribution in [1.29, 1.82) is 0 Å². The predicted molar refractivity (Wildman–Crippen MR) is 105 cm³/mol. The molecule has 7 heteroatoms. The van der Waals surface area contributed by atoms with Gasteiger partial charge in [0.1, 0.15) is 17.5 Å². The minimum absolute atomic E-state index is 0.0169. The molecule has 3 rings (SSSR count). The van der Waals surface area contributed by atoms with Crippen LogP contribution in [0.15, 0.2) is 12.3 Å². The van der Waals surface area contributed by atoms with Gasteiger partial charge in [-0.3, -0.25) is 14.6 Å². The number of ether oxygens (including phenoxy) is 2. The smallest absolute Gasteiger partial charge is 0.270 e. The van der Waals surface area contributed by atoms with E-state index in [1.165, 1.54) is 0 Å². The van der Waals surface area contributed by atoms with E-state index in [2.05, 4.69) is 22.5 Å². The molecule has 2 fully saturated rings. The topological polar surface area (TPSA) is 89.6 Å². The van der Waals surface area contributed by atoms with Gasteiger partial charge < -0.3 is 20.1 Å². The third-order valence-corrected chi connectivity index (χ3v) is 5.27. The molecule has 7 nitrogen and oxygen atoms in total. The van der Waals surface area contributed by atoms with Gasteiger partial charge in [0.25, 0.3) is 5.91 Å². The fourth-order valence-electron chi connectivity index (χ4n) is 3.21. The summed E-state index contributed by atoms with van der Waals surface area (Å²) in [6.07, 6.45) is 3.98. The first-order valence-corrected chi connectivity index (χ1v) is 9.86. The lowest BCUT2D eigenvalue weighted by Crippen LogP contribution is -2.53. The minimum Gasteiger partial charge on any atom is -0.492 e. The molecule has 28 heavy (non-hydrogen) atoms. The number of nitrogens with one attached hydrogen (secondary N) is 2. The van der Waals surface area contributed by atoms with Crippen LogP contribution in [0, 0.1) is 10.8 Å². The Bertz CT molecular complexity index is 749. The Morgan fingerprint density at radius 3 is 2.54 bits per heavy atom. The molecule has 2 amide bonds. The molecular formula is C21H31N3O4. The maximum Gasteiger partial charge on any atom is 0.270 e. The maximum absolute atomic E-state index is 12.8. The number of pyridine rings is 1. The number of amides is 2. The normalized spacial score (nSPS) is 19.3. The first kappa shape index (κ1) is 20.6. The van der Waals surface area contributed by atoms with Crippen LogP contribution in [0.5, 0.6) is 5.75 Å². The zero-order valence-electron chi connectivity index (χ0n) is 17.4. The summed E-state index contributed by atoms with van der Waals surface area (Å²) < 4.78 is 11.4. The minimum atomic E-state index is -0.662. The van der Waals surface area contributed by atoms with Crippen molar-refractivity contribution in [2.75, 3.05) is 26.9 Å². The van der Waals surface area contributed by atoms with Crippen LogP contribution in [0.3, 0.4) is 0 Å². The SMILES string of the molecule is CNC(=O)C(NC(=O)c1cc(OCC2(C)COC2)c(C2CC2)cn1)C(C)(C)C. The van der Waals surface area contributed by atoms with Gasteiger partial charge in [-0.2, -0.15) is 0 Å². The highest BCUT2D eigenvalue weighted by molar-refractivity contribution is 5.96. The molecule has 0 spiro atoms. The Labute approximate surface area is 166 Å². The highest BCUT2D eigenvalue weighted by Crippen LogP contribution is 2.44. The molecular weight excluding hydrogens is 358 g/mol. The van der Waals surface area contributed by atoms with Gasteiger partial charge in [-0.25, -0.2) is 0 Å². The number of aromatic nitrogens is 1. The number of rotatable bonds is 7. The van der Waals surface area contributed by atoms with Crippen LogP contribution in [0.1, 0.15) is 62.5 Å². The van der Waals surface area contributed by atoms with E-state index >= 15 is 0 Å². The van der Waals surface area contributed by atoms with Crippen LogP contribution in [0.4, 0.5) is 0 Å². The molecule has 1 aromatic heterocycles. The molecule has 1 aromatic rings. The predicted octanol–water partition coefficient (Wildman–Crippen LogP) is 2.26. The summed E-state index contributed by atoms with van der Waals surface area (Å²) in [5, 5.41) is 5.43. The Kier molecular flexibility index (Phi) is 5.66. The van der Waals surface area contributed by atoms with E-state index in [0.29, 0.717) is 31.5 Å². The summed E-state index contributed by atoms with van der Waals surface area (Å²) in [6, 6.07) is 1.04. The van der Waals surface area contributed by atoms with E-state index in [1.807, 2.05) is 20.8 Å². The summed E-state index contributed by atoms with van der Waals surface area (Å²) >= 11 is 0. The fourth-order valence-corrected chi connectivity index (χ4v) is 3.21. The fraction of sp³-hybridized carbons (Fsp3) is 0.667. The lowest BCUT2D eigenvalue weighted by molar-refractivity contribution is -0.124. The molecule has 1 aliphatic carbocycles. The summed E-state index contributed by atoms with van der Waals surface area (Å²) in [7, 11) is 1.56. The second-order valence-corrected chi connectivity index (χ2v) is 9.36. The van der Waals surface area contributed by atoms with Crippen molar-refractivity contribution >= 4 is 11.8 Å². The van der Waals surface area contributed by atoms with Gasteiger partial charge in [0.2, 0.25) is 5.91 Å². The van der Waals surface area contributed by atoms with E-state index in [-0.39, 0.29) is 22.9 Å². The zero-order valence-corrected chi connectivity index (χ0v) is 17.4. The van der Waals surface area contributed by atoms with Crippen molar-refractivity contribution in [2.45, 2.75) is 52.5 Å². The van der Waals surface area contributed by atoms with Crippen LogP contribution in [-0.4, -0.2) is 49.7 Å². The van der Waals surface area contributed by atoms with Crippen molar-refractivity contribution in [1.82, 2.24) is 15.6 Å². The lowest BCUT2D eigenvalue weighted by Gasteiger charge is -2.37. The third-order valence-electron chi connectivity index (χ3n) is 5.27. The van der Waals surface area contributed by atoms with Crippen molar-refractivity contribution in [3.63, 3.8) is 0 Å². The second-order valence-electron chi connectivity index (χ2n) is 9.36. The molecule has 154 valence electrons. The van der Waals surface area contributed by atoms with Gasteiger partial charge in [0.05, 0.1) is 19.8 Å². The summed E-state index contributed by atoms with van der Waals surface area (Å²) in [5.74, 6) is 0.556. The van der Waals surface area contributed by atoms with Crippen molar-refractivity contribution < 1.29 is 19.1 Å². The van der Waals surface area contributed by atoms with E-state index in [4.69, 9.17) is 9.47 Å². The Hall–Kier alpha value is -2.15. The Morgan fingerprint density at radius 1 is 1.36 bits per heavy atom. The third kappa shape index (κ3) is 4.63. The molecule has 2 aliphatic rings. The van der Waals surface area contributed by atoms with Gasteiger partial charge in [-0.05, 0) is 24.2 Å². The number of likely N-dealkylation sites (N-methyl/N-ethyl adjacent to an activating group) is 1. The molecule has 1 aliphatic heterocycles. The quantitative estimate of drug-likeness (QED) is 0.747. The highest BCUT2D eigenvalue weighted by atomic mass is 16.5. The zero-order chi connectivity index (χ0) is 20.5. The summed E-state index contributed by atoms with van der Waals surface area (Å²) in [5.41, 5.74) is 0.900. The molecule has 0 aromatic carbocycles. The van der Waals surface area contributed by atoms with Crippen LogP contribution in [0.25, 0.3) is 0 Å². The second kappa shape index (κ2) is 7.70. The molecule has 0 radical (unpaired) electrons. The van der Waals surface area contributed by atoms with Gasteiger partial charge >= 0.3 is 0 Å². The van der Waals surface area contributed by atoms with Crippen molar-refractivity contribution in [3.05, 3.63) is 23.5 Å². The van der Waals surface area contributed by atoms with E-state index in [1.54, 1.807) is 19.3 Å². The summed E-state index contributed by atoms with van der Waals surface area (Å²) in [6.45, 7) is 9.76. The first-order valence-electron chi connectivity index (χ1n) is 9.86. The van der Waals surface area contributed by atoms with Crippen molar-refractivity contribution in [2.24, 2.45) is 10.8 Å². The molecule has 0 bridgehead atoms. The number of hydrogen-bond donors (Lipinski definition) is 2. The van der Waals surface area contributed by atoms with Crippen LogP contribution in [-0.2, 0) is 9.53 Å². The van der Waals surface area contributed by atoms with Crippen LogP contribution in [0.2, 0.25) is 0 Å². The standard InChI is InChI=1S/C21H31N3O4/c1-20(2,3)17(19(26)22-5)24-18(25)15-8-16(14(9-23-15)13-6-7-13)28-12-21(4)10-27-11-21/h8-9,13,17H,6-7,10-12H2,1-5H3,(H,22,26)(H,24,25). The molecule has 2 N–H and O–H groups in total. The average molecular weight is 389 g/mol. The average Bonchev–Trinajstić information content (AvgIpc) is 3.45. The van der Waals surface area contributed by atoms with Gasteiger partial charge in [-0.15, -0.1) is 0 Å². The van der Waals surface area contributed by atoms with Crippen LogP contribution < -0.4 is 15.4 Å². The molecule has 1 saturated heterocycles. The van der Waals surface area contributed by atoms with Crippen LogP contribution >= 0.6 is 0 Å². The highest BCUT2D eigenvalue weighted by Gasteiger charge is 2.36. The first-order chi connectivity index (χ1) is 13.1.